The quantitative estimate of drug-likeness (QED) is 0.533. The third-order valence-corrected chi connectivity index (χ3v) is 7.47. The van der Waals surface area contributed by atoms with Crippen LogP contribution in [-0.2, 0) is 11.2 Å². The highest BCUT2D eigenvalue weighted by Crippen LogP contribution is 2.48. The van der Waals surface area contributed by atoms with Gasteiger partial charge >= 0.3 is 0 Å². The molecule has 5 rings (SSSR count). The Kier molecular flexibility index (Phi) is 5.96. The molecule has 0 spiro atoms. The Labute approximate surface area is 203 Å². The van der Waals surface area contributed by atoms with Gasteiger partial charge in [-0.3, -0.25) is 9.59 Å². The van der Waals surface area contributed by atoms with Crippen molar-refractivity contribution in [3.8, 4) is 11.5 Å². The average Bonchev–Trinajstić information content (AvgIpc) is 2.88. The number of thioether (sulfide) groups is 1. The largest absolute Gasteiger partial charge is 0.493 e. The van der Waals surface area contributed by atoms with Gasteiger partial charge in [0.05, 0.1) is 31.9 Å². The molecule has 0 saturated heterocycles. The normalized spacial score (nSPS) is 18.4. The number of para-hydroxylation sites is 1. The van der Waals surface area contributed by atoms with Gasteiger partial charge in [0.25, 0.3) is 5.91 Å². The summed E-state index contributed by atoms with van der Waals surface area (Å²) in [5, 5.41) is 3.15. The Morgan fingerprint density at radius 3 is 2.47 bits per heavy atom. The summed E-state index contributed by atoms with van der Waals surface area (Å²) in [5.41, 5.74) is 4.07. The van der Waals surface area contributed by atoms with Crippen molar-refractivity contribution in [3.05, 3.63) is 82.9 Å². The molecular weight excluding hydrogens is 448 g/mol. The zero-order valence-electron chi connectivity index (χ0n) is 19.3. The number of benzene rings is 3. The number of hydrogen-bond acceptors (Lipinski definition) is 5. The maximum absolute atomic E-state index is 14.0. The standard InChI is InChI=1S/C27H26N2O4S/c1-32-21-14-18-19(15-22(21)33-2)27(31)29-13-12-16-8-4-5-9-17(16)25(29)24(18)26(30)28-20-10-6-7-11-23(20)34-3/h4-11,14-15,24-25H,12-13H2,1-3H3,(H,28,30)/t24-,25+/m1/s1. The van der Waals surface area contributed by atoms with E-state index in [1.165, 1.54) is 5.56 Å². The van der Waals surface area contributed by atoms with Gasteiger partial charge in [0, 0.05) is 17.0 Å². The Hall–Kier alpha value is -3.45. The van der Waals surface area contributed by atoms with E-state index in [1.54, 1.807) is 38.1 Å². The Bertz CT molecular complexity index is 1280. The van der Waals surface area contributed by atoms with Crippen LogP contribution in [0.15, 0.2) is 65.6 Å². The van der Waals surface area contributed by atoms with Crippen LogP contribution < -0.4 is 14.8 Å². The lowest BCUT2D eigenvalue weighted by Crippen LogP contribution is -2.49. The van der Waals surface area contributed by atoms with Gasteiger partial charge in [-0.15, -0.1) is 11.8 Å². The molecule has 0 radical (unpaired) electrons. The highest BCUT2D eigenvalue weighted by molar-refractivity contribution is 7.98. The van der Waals surface area contributed by atoms with E-state index in [4.69, 9.17) is 9.47 Å². The van der Waals surface area contributed by atoms with Gasteiger partial charge in [-0.25, -0.2) is 0 Å². The van der Waals surface area contributed by atoms with E-state index in [1.807, 2.05) is 53.6 Å². The molecule has 6 nitrogen and oxygen atoms in total. The first-order valence-corrected chi connectivity index (χ1v) is 12.4. The van der Waals surface area contributed by atoms with Crippen LogP contribution in [0.3, 0.4) is 0 Å². The number of carbonyl (C=O) groups is 2. The molecule has 2 aliphatic rings. The number of anilines is 1. The van der Waals surface area contributed by atoms with Crippen LogP contribution in [0, 0.1) is 0 Å². The number of carbonyl (C=O) groups excluding carboxylic acids is 2. The topological polar surface area (TPSA) is 67.9 Å². The molecule has 2 atom stereocenters. The van der Waals surface area contributed by atoms with Crippen molar-refractivity contribution < 1.29 is 19.1 Å². The van der Waals surface area contributed by atoms with Gasteiger partial charge in [0.1, 0.15) is 0 Å². The van der Waals surface area contributed by atoms with Crippen molar-refractivity contribution in [3.63, 3.8) is 0 Å². The number of nitrogens with zero attached hydrogens (tertiary/aromatic N) is 1. The Morgan fingerprint density at radius 2 is 1.71 bits per heavy atom. The van der Waals surface area contributed by atoms with Crippen molar-refractivity contribution in [1.82, 2.24) is 4.90 Å². The highest BCUT2D eigenvalue weighted by atomic mass is 32.2. The zero-order chi connectivity index (χ0) is 23.8. The number of nitrogens with one attached hydrogen (secondary N) is 1. The Morgan fingerprint density at radius 1 is 1.00 bits per heavy atom. The van der Waals surface area contributed by atoms with Crippen molar-refractivity contribution in [1.29, 1.82) is 0 Å². The molecule has 0 aromatic heterocycles. The molecule has 0 bridgehead atoms. The van der Waals surface area contributed by atoms with Crippen LogP contribution in [-0.4, -0.2) is 43.7 Å². The molecule has 2 aliphatic heterocycles. The summed E-state index contributed by atoms with van der Waals surface area (Å²) in [7, 11) is 3.10. The molecular formula is C27H26N2O4S. The lowest BCUT2D eigenvalue weighted by molar-refractivity contribution is -0.119. The third-order valence-electron chi connectivity index (χ3n) is 6.68. The molecule has 174 valence electrons. The number of rotatable bonds is 5. The van der Waals surface area contributed by atoms with Crippen molar-refractivity contribution >= 4 is 29.3 Å². The molecule has 0 aliphatic carbocycles. The van der Waals surface area contributed by atoms with Crippen molar-refractivity contribution in [2.24, 2.45) is 0 Å². The minimum Gasteiger partial charge on any atom is -0.493 e. The van der Waals surface area contributed by atoms with Crippen LogP contribution in [0.5, 0.6) is 11.5 Å². The summed E-state index contributed by atoms with van der Waals surface area (Å²) < 4.78 is 11.0. The van der Waals surface area contributed by atoms with E-state index < -0.39 is 12.0 Å². The summed E-state index contributed by atoms with van der Waals surface area (Å²) in [6.45, 7) is 0.555. The fraction of sp³-hybridized carbons (Fsp3) is 0.259. The molecule has 0 unspecified atom stereocenters. The first-order chi connectivity index (χ1) is 16.6. The smallest absolute Gasteiger partial charge is 0.254 e. The summed E-state index contributed by atoms with van der Waals surface area (Å²) in [4.78, 5) is 30.5. The first kappa shape index (κ1) is 22.3. The van der Waals surface area contributed by atoms with Gasteiger partial charge in [-0.1, -0.05) is 36.4 Å². The average molecular weight is 475 g/mol. The predicted octanol–water partition coefficient (Wildman–Crippen LogP) is 4.90. The summed E-state index contributed by atoms with van der Waals surface area (Å²) >= 11 is 1.58. The molecule has 0 saturated carbocycles. The minimum absolute atomic E-state index is 0.0935. The van der Waals surface area contributed by atoms with Crippen molar-refractivity contribution in [2.45, 2.75) is 23.3 Å². The SMILES string of the molecule is COc1cc2c(cc1OC)[C@@H](C(=O)Nc1ccccc1SC)[C@@H]1c3ccccc3CCN1C2=O. The lowest BCUT2D eigenvalue weighted by atomic mass is 9.75. The predicted molar refractivity (Wildman–Crippen MR) is 133 cm³/mol. The summed E-state index contributed by atoms with van der Waals surface area (Å²) in [6.07, 6.45) is 2.74. The Balaban J connectivity index is 1.68. The van der Waals surface area contributed by atoms with Crippen LogP contribution in [0.25, 0.3) is 0 Å². The number of hydrogen-bond donors (Lipinski definition) is 1. The fourth-order valence-electron chi connectivity index (χ4n) is 5.09. The van der Waals surface area contributed by atoms with Gasteiger partial charge < -0.3 is 19.7 Å². The molecule has 0 fully saturated rings. The van der Waals surface area contributed by atoms with E-state index in [-0.39, 0.29) is 11.8 Å². The van der Waals surface area contributed by atoms with Crippen LogP contribution >= 0.6 is 11.8 Å². The maximum atomic E-state index is 14.0. The van der Waals surface area contributed by atoms with Crippen LogP contribution in [0.2, 0.25) is 0 Å². The monoisotopic (exact) mass is 474 g/mol. The maximum Gasteiger partial charge on any atom is 0.254 e. The molecule has 3 aromatic rings. The van der Waals surface area contributed by atoms with E-state index >= 15 is 0 Å². The third kappa shape index (κ3) is 3.60. The van der Waals surface area contributed by atoms with Crippen LogP contribution in [0.1, 0.15) is 39.0 Å². The second kappa shape index (κ2) is 9.06. The highest BCUT2D eigenvalue weighted by Gasteiger charge is 2.47. The molecule has 34 heavy (non-hydrogen) atoms. The fourth-order valence-corrected chi connectivity index (χ4v) is 5.64. The van der Waals surface area contributed by atoms with E-state index in [0.717, 1.165) is 22.6 Å². The molecule has 2 amide bonds. The van der Waals surface area contributed by atoms with Gasteiger partial charge in [0.2, 0.25) is 5.91 Å². The van der Waals surface area contributed by atoms with E-state index in [0.29, 0.717) is 29.2 Å². The van der Waals surface area contributed by atoms with Gasteiger partial charge in [-0.2, -0.15) is 0 Å². The first-order valence-electron chi connectivity index (χ1n) is 11.2. The van der Waals surface area contributed by atoms with E-state index in [9.17, 15) is 9.59 Å². The van der Waals surface area contributed by atoms with Gasteiger partial charge in [0.15, 0.2) is 11.5 Å². The zero-order valence-corrected chi connectivity index (χ0v) is 20.1. The van der Waals surface area contributed by atoms with Crippen LogP contribution in [0.4, 0.5) is 5.69 Å². The number of fused-ring (bicyclic) bond motifs is 4. The summed E-state index contributed by atoms with van der Waals surface area (Å²) in [5.74, 6) is 0.105. The number of methoxy groups -OCH3 is 2. The molecule has 7 heteroatoms. The van der Waals surface area contributed by atoms with E-state index in [2.05, 4.69) is 11.4 Å². The molecule has 3 aromatic carbocycles. The number of ether oxygens (including phenoxy) is 2. The van der Waals surface area contributed by atoms with Crippen molar-refractivity contribution in [2.75, 3.05) is 32.3 Å². The molecule has 1 N–H and O–H groups in total. The number of amides is 2. The van der Waals surface area contributed by atoms with Gasteiger partial charge in [-0.05, 0) is 53.6 Å². The lowest BCUT2D eigenvalue weighted by Gasteiger charge is -2.45. The second-order valence-electron chi connectivity index (χ2n) is 8.35. The minimum atomic E-state index is -0.608. The molecule has 2 heterocycles. The second-order valence-corrected chi connectivity index (χ2v) is 9.20. The summed E-state index contributed by atoms with van der Waals surface area (Å²) in [6, 6.07) is 18.9.